The van der Waals surface area contributed by atoms with E-state index in [1.165, 1.54) is 5.56 Å². The molecule has 0 bridgehead atoms. The van der Waals surface area contributed by atoms with Crippen LogP contribution in [0.15, 0.2) is 18.2 Å². The van der Waals surface area contributed by atoms with Gasteiger partial charge in [-0.2, -0.15) is 5.10 Å². The number of aryl methyl sites for hydroxylation is 1. The van der Waals surface area contributed by atoms with Crippen LogP contribution in [0.25, 0.3) is 5.69 Å². The first-order valence-electron chi connectivity index (χ1n) is 6.68. The maximum absolute atomic E-state index is 11.8. The molecular formula is C15H18N4O. The molecule has 0 spiro atoms. The van der Waals surface area contributed by atoms with E-state index in [4.69, 9.17) is 0 Å². The van der Waals surface area contributed by atoms with Gasteiger partial charge < -0.3 is 10.6 Å². The van der Waals surface area contributed by atoms with Crippen molar-refractivity contribution in [2.24, 2.45) is 0 Å². The summed E-state index contributed by atoms with van der Waals surface area (Å²) in [7, 11) is 1.79. The van der Waals surface area contributed by atoms with E-state index >= 15 is 0 Å². The fraction of sp³-hybridized carbons (Fsp3) is 0.333. The van der Waals surface area contributed by atoms with Crippen LogP contribution in [0.5, 0.6) is 0 Å². The average molecular weight is 270 g/mol. The molecule has 2 aromatic rings. The molecule has 0 saturated heterocycles. The molecule has 104 valence electrons. The highest BCUT2D eigenvalue weighted by Gasteiger charge is 2.29. The van der Waals surface area contributed by atoms with Gasteiger partial charge in [-0.05, 0) is 45.5 Å². The van der Waals surface area contributed by atoms with Gasteiger partial charge in [0.1, 0.15) is 6.04 Å². The molecule has 5 heteroatoms. The Kier molecular flexibility index (Phi) is 2.87. The van der Waals surface area contributed by atoms with Crippen molar-refractivity contribution in [3.63, 3.8) is 0 Å². The monoisotopic (exact) mass is 270 g/mol. The highest BCUT2D eigenvalue weighted by Crippen LogP contribution is 2.32. The second-order valence-electron chi connectivity index (χ2n) is 5.19. The first-order chi connectivity index (χ1) is 9.52. The van der Waals surface area contributed by atoms with E-state index in [0.717, 1.165) is 28.3 Å². The molecule has 0 fully saturated rings. The van der Waals surface area contributed by atoms with Crippen molar-refractivity contribution in [3.8, 4) is 5.69 Å². The van der Waals surface area contributed by atoms with Crippen LogP contribution in [0.2, 0.25) is 0 Å². The van der Waals surface area contributed by atoms with E-state index in [9.17, 15) is 4.79 Å². The summed E-state index contributed by atoms with van der Waals surface area (Å²) in [5.41, 5.74) is 6.16. The largest absolute Gasteiger partial charge is 0.324 e. The van der Waals surface area contributed by atoms with Gasteiger partial charge in [0.15, 0.2) is 0 Å². The molecule has 2 heterocycles. The topological polar surface area (TPSA) is 59.0 Å². The van der Waals surface area contributed by atoms with Gasteiger partial charge in [-0.15, -0.1) is 0 Å². The molecule has 1 amide bonds. The first-order valence-corrected chi connectivity index (χ1v) is 6.68. The summed E-state index contributed by atoms with van der Waals surface area (Å²) in [6, 6.07) is 5.70. The molecule has 1 atom stereocenters. The summed E-state index contributed by atoms with van der Waals surface area (Å²) in [6.45, 7) is 6.13. The van der Waals surface area contributed by atoms with Gasteiger partial charge in [0.25, 0.3) is 0 Å². The van der Waals surface area contributed by atoms with Gasteiger partial charge in [0, 0.05) is 16.9 Å². The number of anilines is 1. The lowest BCUT2D eigenvalue weighted by Gasteiger charge is -2.09. The Labute approximate surface area is 118 Å². The molecule has 3 rings (SSSR count). The van der Waals surface area contributed by atoms with E-state index < -0.39 is 0 Å². The number of amides is 1. The molecule has 1 aromatic carbocycles. The summed E-state index contributed by atoms with van der Waals surface area (Å²) in [5, 5.41) is 10.5. The molecule has 20 heavy (non-hydrogen) atoms. The summed E-state index contributed by atoms with van der Waals surface area (Å²) < 4.78 is 1.92. The van der Waals surface area contributed by atoms with E-state index in [1.807, 2.05) is 29.8 Å². The van der Waals surface area contributed by atoms with Gasteiger partial charge in [-0.1, -0.05) is 6.07 Å². The fourth-order valence-corrected chi connectivity index (χ4v) is 2.64. The quantitative estimate of drug-likeness (QED) is 0.877. The number of aromatic nitrogens is 2. The predicted octanol–water partition coefficient (Wildman–Crippen LogP) is 2.01. The van der Waals surface area contributed by atoms with Gasteiger partial charge >= 0.3 is 0 Å². The average Bonchev–Trinajstić information content (AvgIpc) is 2.88. The van der Waals surface area contributed by atoms with Crippen LogP contribution in [0.4, 0.5) is 5.69 Å². The number of hydrogen-bond donors (Lipinski definition) is 2. The van der Waals surface area contributed by atoms with Crippen LogP contribution >= 0.6 is 0 Å². The second-order valence-corrected chi connectivity index (χ2v) is 5.19. The molecular weight excluding hydrogens is 252 g/mol. The zero-order valence-electron chi connectivity index (χ0n) is 12.1. The van der Waals surface area contributed by atoms with E-state index in [1.54, 1.807) is 7.05 Å². The summed E-state index contributed by atoms with van der Waals surface area (Å²) >= 11 is 0. The van der Waals surface area contributed by atoms with Gasteiger partial charge in [-0.25, -0.2) is 4.68 Å². The standard InChI is InChI=1S/C15H18N4O/c1-8-9(2)18-19(10(8)3)11-5-6-12-13(7-11)17-15(20)14(12)16-4/h5-7,14,16H,1-4H3,(H,17,20). The molecule has 1 aliphatic rings. The Bertz CT molecular complexity index is 702. The third-order valence-electron chi connectivity index (χ3n) is 4.05. The lowest BCUT2D eigenvalue weighted by atomic mass is 10.1. The molecule has 0 aliphatic carbocycles. The number of carbonyl (C=O) groups is 1. The number of carbonyl (C=O) groups excluding carboxylic acids is 1. The normalized spacial score (nSPS) is 17.2. The van der Waals surface area contributed by atoms with Crippen LogP contribution in [0.3, 0.4) is 0 Å². The van der Waals surface area contributed by atoms with Gasteiger partial charge in [0.05, 0.1) is 11.4 Å². The van der Waals surface area contributed by atoms with Crippen LogP contribution < -0.4 is 10.6 Å². The minimum Gasteiger partial charge on any atom is -0.324 e. The van der Waals surface area contributed by atoms with Crippen LogP contribution in [0.1, 0.15) is 28.6 Å². The van der Waals surface area contributed by atoms with Gasteiger partial charge in [0.2, 0.25) is 5.91 Å². The lowest BCUT2D eigenvalue weighted by Crippen LogP contribution is -2.23. The van der Waals surface area contributed by atoms with Crippen molar-refractivity contribution >= 4 is 11.6 Å². The SMILES string of the molecule is CNC1C(=O)Nc2cc(-n3nc(C)c(C)c3C)ccc21. The molecule has 1 aliphatic heterocycles. The molecule has 0 saturated carbocycles. The third-order valence-corrected chi connectivity index (χ3v) is 4.05. The van der Waals surface area contributed by atoms with Gasteiger partial charge in [-0.3, -0.25) is 4.79 Å². The molecule has 1 unspecified atom stereocenters. The van der Waals surface area contributed by atoms with Crippen LogP contribution in [-0.2, 0) is 4.79 Å². The van der Waals surface area contributed by atoms with Crippen molar-refractivity contribution in [3.05, 3.63) is 40.7 Å². The third kappa shape index (κ3) is 1.74. The number of nitrogens with zero attached hydrogens (tertiary/aromatic N) is 2. The maximum Gasteiger partial charge on any atom is 0.246 e. The van der Waals surface area contributed by atoms with Crippen molar-refractivity contribution in [1.82, 2.24) is 15.1 Å². The second kappa shape index (κ2) is 4.45. The lowest BCUT2D eigenvalue weighted by molar-refractivity contribution is -0.117. The van der Waals surface area contributed by atoms with Crippen molar-refractivity contribution < 1.29 is 4.79 Å². The zero-order chi connectivity index (χ0) is 14.4. The fourth-order valence-electron chi connectivity index (χ4n) is 2.64. The Morgan fingerprint density at radius 3 is 2.65 bits per heavy atom. The minimum atomic E-state index is -0.263. The maximum atomic E-state index is 11.8. The predicted molar refractivity (Wildman–Crippen MR) is 78.2 cm³/mol. The highest BCUT2D eigenvalue weighted by atomic mass is 16.2. The Hall–Kier alpha value is -2.14. The molecule has 1 aromatic heterocycles. The minimum absolute atomic E-state index is 0.0100. The van der Waals surface area contributed by atoms with E-state index in [-0.39, 0.29) is 11.9 Å². The zero-order valence-corrected chi connectivity index (χ0v) is 12.1. The number of benzene rings is 1. The first kappa shape index (κ1) is 12.9. The smallest absolute Gasteiger partial charge is 0.246 e. The number of fused-ring (bicyclic) bond motifs is 1. The van der Waals surface area contributed by atoms with Crippen LogP contribution in [0, 0.1) is 20.8 Å². The summed E-state index contributed by atoms with van der Waals surface area (Å²) in [4.78, 5) is 11.8. The van der Waals surface area contributed by atoms with Crippen LogP contribution in [-0.4, -0.2) is 22.7 Å². The summed E-state index contributed by atoms with van der Waals surface area (Å²) in [5.74, 6) is -0.0100. The number of likely N-dealkylation sites (N-methyl/N-ethyl adjacent to an activating group) is 1. The Morgan fingerprint density at radius 2 is 2.05 bits per heavy atom. The van der Waals surface area contributed by atoms with E-state index in [0.29, 0.717) is 0 Å². The van der Waals surface area contributed by atoms with Crippen molar-refractivity contribution in [1.29, 1.82) is 0 Å². The highest BCUT2D eigenvalue weighted by molar-refractivity contribution is 6.02. The number of nitrogens with one attached hydrogen (secondary N) is 2. The van der Waals surface area contributed by atoms with Crippen molar-refractivity contribution in [2.45, 2.75) is 26.8 Å². The number of rotatable bonds is 2. The summed E-state index contributed by atoms with van der Waals surface area (Å²) in [6.07, 6.45) is 0. The Morgan fingerprint density at radius 1 is 1.30 bits per heavy atom. The van der Waals surface area contributed by atoms with Crippen molar-refractivity contribution in [2.75, 3.05) is 12.4 Å². The number of hydrogen-bond acceptors (Lipinski definition) is 3. The molecule has 5 nitrogen and oxygen atoms in total. The van der Waals surface area contributed by atoms with E-state index in [2.05, 4.69) is 29.6 Å². The molecule has 0 radical (unpaired) electrons. The Balaban J connectivity index is 2.08. The molecule has 2 N–H and O–H groups in total.